The van der Waals surface area contributed by atoms with Crippen LogP contribution in [0, 0.1) is 0 Å². The summed E-state index contributed by atoms with van der Waals surface area (Å²) in [6, 6.07) is 10.2. The number of thioether (sulfide) groups is 1. The van der Waals surface area contributed by atoms with Gasteiger partial charge in [-0.2, -0.15) is 0 Å². The summed E-state index contributed by atoms with van der Waals surface area (Å²) in [5.41, 5.74) is 1.33. The van der Waals surface area contributed by atoms with E-state index >= 15 is 0 Å². The number of rotatable bonds is 4. The number of benzene rings is 2. The monoisotopic (exact) mass is 408 g/mol. The average molecular weight is 409 g/mol. The van der Waals surface area contributed by atoms with Gasteiger partial charge in [0, 0.05) is 5.02 Å². The number of phenolic OH excluding ortho intramolecular Hbond substituents is 1. The zero-order valence-corrected chi connectivity index (χ0v) is 16.0. The predicted molar refractivity (Wildman–Crippen MR) is 107 cm³/mol. The van der Waals surface area contributed by atoms with Crippen molar-refractivity contribution in [2.45, 2.75) is 6.92 Å². The van der Waals surface area contributed by atoms with Crippen molar-refractivity contribution in [3.63, 3.8) is 0 Å². The van der Waals surface area contributed by atoms with Gasteiger partial charge in [-0.1, -0.05) is 23.2 Å². The summed E-state index contributed by atoms with van der Waals surface area (Å²) in [7, 11) is 0. The summed E-state index contributed by atoms with van der Waals surface area (Å²) in [6.07, 6.45) is 1.66. The zero-order valence-electron chi connectivity index (χ0n) is 13.6. The number of amides is 1. The minimum Gasteiger partial charge on any atom is -0.503 e. The minimum atomic E-state index is -0.259. The van der Waals surface area contributed by atoms with E-state index in [2.05, 4.69) is 10.3 Å². The van der Waals surface area contributed by atoms with Crippen molar-refractivity contribution >= 4 is 57.8 Å². The number of aliphatic imine (C=N–C) groups is 1. The molecule has 134 valence electrons. The largest absolute Gasteiger partial charge is 0.503 e. The number of carbonyl (C=O) groups is 1. The lowest BCUT2D eigenvalue weighted by molar-refractivity contribution is -0.115. The molecule has 8 heteroatoms. The molecule has 1 heterocycles. The maximum absolute atomic E-state index is 12.2. The molecule has 0 aromatic heterocycles. The Labute approximate surface area is 164 Å². The molecule has 26 heavy (non-hydrogen) atoms. The van der Waals surface area contributed by atoms with Crippen molar-refractivity contribution < 1.29 is 14.6 Å². The van der Waals surface area contributed by atoms with Crippen LogP contribution >= 0.6 is 35.0 Å². The van der Waals surface area contributed by atoms with Crippen LogP contribution in [0.1, 0.15) is 12.5 Å². The summed E-state index contributed by atoms with van der Waals surface area (Å²) in [4.78, 5) is 17.0. The highest BCUT2D eigenvalue weighted by Gasteiger charge is 2.24. The van der Waals surface area contributed by atoms with Crippen molar-refractivity contribution in [2.24, 2.45) is 4.99 Å². The van der Waals surface area contributed by atoms with E-state index in [0.29, 0.717) is 33.0 Å². The third-order valence-electron chi connectivity index (χ3n) is 3.36. The van der Waals surface area contributed by atoms with Gasteiger partial charge in [0.1, 0.15) is 0 Å². The number of halogens is 2. The fourth-order valence-corrected chi connectivity index (χ4v) is 3.39. The standard InChI is InChI=1S/C18H14Cl2N2O3S/c1-2-25-14-8-10(7-13(20)16(14)23)9-15-17(24)22-18(26-15)21-12-5-3-11(19)4-6-12/h3-9,23H,2H2,1H3,(H,21,22,24). The quantitative estimate of drug-likeness (QED) is 0.698. The molecule has 1 aliphatic heterocycles. The molecule has 3 rings (SSSR count). The number of nitrogens with zero attached hydrogens (tertiary/aromatic N) is 1. The van der Waals surface area contributed by atoms with Crippen molar-refractivity contribution in [3.05, 3.63) is 56.9 Å². The normalized spacial score (nSPS) is 17.0. The number of nitrogens with one attached hydrogen (secondary N) is 1. The van der Waals surface area contributed by atoms with E-state index in [1.807, 2.05) is 0 Å². The van der Waals surface area contributed by atoms with Gasteiger partial charge in [0.15, 0.2) is 16.7 Å². The van der Waals surface area contributed by atoms with E-state index in [0.717, 1.165) is 0 Å². The summed E-state index contributed by atoms with van der Waals surface area (Å²) in [5.74, 6) is -0.112. The maximum Gasteiger partial charge on any atom is 0.264 e. The molecule has 2 N–H and O–H groups in total. The Balaban J connectivity index is 1.86. The first kappa shape index (κ1) is 18.6. The zero-order chi connectivity index (χ0) is 18.7. The molecule has 2 aromatic rings. The van der Waals surface area contributed by atoms with Gasteiger partial charge in [-0.15, -0.1) is 0 Å². The van der Waals surface area contributed by atoms with Crippen LogP contribution in [0.3, 0.4) is 0 Å². The number of carbonyl (C=O) groups excluding carboxylic acids is 1. The van der Waals surface area contributed by atoms with Crippen molar-refractivity contribution in [2.75, 3.05) is 6.61 Å². The first-order chi connectivity index (χ1) is 12.5. The van der Waals surface area contributed by atoms with Crippen molar-refractivity contribution in [1.29, 1.82) is 0 Å². The number of ether oxygens (including phenoxy) is 1. The number of hydrogen-bond acceptors (Lipinski definition) is 5. The molecular weight excluding hydrogens is 395 g/mol. The molecule has 5 nitrogen and oxygen atoms in total. The van der Waals surface area contributed by atoms with E-state index < -0.39 is 0 Å². The van der Waals surface area contributed by atoms with E-state index in [4.69, 9.17) is 27.9 Å². The van der Waals surface area contributed by atoms with Crippen LogP contribution in [0.25, 0.3) is 6.08 Å². The predicted octanol–water partition coefficient (Wildman–Crippen LogP) is 4.99. The minimum absolute atomic E-state index is 0.121. The van der Waals surface area contributed by atoms with Crippen LogP contribution in [0.5, 0.6) is 11.5 Å². The lowest BCUT2D eigenvalue weighted by atomic mass is 10.2. The molecule has 0 spiro atoms. The third-order valence-corrected chi connectivity index (χ3v) is 4.81. The number of amidine groups is 1. The summed E-state index contributed by atoms with van der Waals surface area (Å²) in [5, 5.41) is 13.9. The Kier molecular flexibility index (Phi) is 5.76. The first-order valence-electron chi connectivity index (χ1n) is 7.66. The van der Waals surface area contributed by atoms with Crippen LogP contribution < -0.4 is 10.1 Å². The van der Waals surface area contributed by atoms with E-state index in [1.54, 1.807) is 49.4 Å². The van der Waals surface area contributed by atoms with Crippen molar-refractivity contribution in [3.8, 4) is 11.5 Å². The molecule has 0 bridgehead atoms. The molecule has 0 radical (unpaired) electrons. The van der Waals surface area contributed by atoms with E-state index in [9.17, 15) is 9.90 Å². The van der Waals surface area contributed by atoms with Gasteiger partial charge in [0.2, 0.25) is 0 Å². The van der Waals surface area contributed by atoms with Crippen LogP contribution in [-0.2, 0) is 4.79 Å². The highest BCUT2D eigenvalue weighted by Crippen LogP contribution is 2.37. The smallest absolute Gasteiger partial charge is 0.264 e. The molecule has 0 aliphatic carbocycles. The third kappa shape index (κ3) is 4.33. The molecule has 0 saturated carbocycles. The van der Waals surface area contributed by atoms with E-state index in [-0.39, 0.29) is 22.4 Å². The maximum atomic E-state index is 12.2. The molecule has 1 saturated heterocycles. The molecule has 1 amide bonds. The molecule has 1 fully saturated rings. The molecule has 0 atom stereocenters. The lowest BCUT2D eigenvalue weighted by Gasteiger charge is -2.08. The summed E-state index contributed by atoms with van der Waals surface area (Å²) < 4.78 is 5.35. The van der Waals surface area contributed by atoms with Crippen molar-refractivity contribution in [1.82, 2.24) is 5.32 Å². The Bertz CT molecular complexity index is 911. The molecular formula is C18H14Cl2N2O3S. The number of phenols is 1. The van der Waals surface area contributed by atoms with Gasteiger partial charge in [-0.3, -0.25) is 4.79 Å². The number of aromatic hydroxyl groups is 1. The van der Waals surface area contributed by atoms with E-state index in [1.165, 1.54) is 11.8 Å². The van der Waals surface area contributed by atoms with Crippen LogP contribution in [-0.4, -0.2) is 22.8 Å². The highest BCUT2D eigenvalue weighted by molar-refractivity contribution is 8.18. The van der Waals surface area contributed by atoms with Gasteiger partial charge in [0.05, 0.1) is 22.2 Å². The topological polar surface area (TPSA) is 70.9 Å². The first-order valence-corrected chi connectivity index (χ1v) is 9.24. The SMILES string of the molecule is CCOc1cc(C=C2SC(=Nc3ccc(Cl)cc3)NC2=O)cc(Cl)c1O. The van der Waals surface area contributed by atoms with Gasteiger partial charge in [-0.05, 0) is 66.7 Å². The Morgan fingerprint density at radius 2 is 2.00 bits per heavy atom. The van der Waals surface area contributed by atoms with Gasteiger partial charge in [-0.25, -0.2) is 4.99 Å². The van der Waals surface area contributed by atoms with Crippen LogP contribution in [0.4, 0.5) is 5.69 Å². The Hall–Kier alpha value is -2.15. The van der Waals surface area contributed by atoms with Crippen LogP contribution in [0.15, 0.2) is 46.3 Å². The second-order valence-corrected chi connectivity index (χ2v) is 7.11. The second kappa shape index (κ2) is 8.03. The highest BCUT2D eigenvalue weighted by atomic mass is 35.5. The second-order valence-electron chi connectivity index (χ2n) is 5.24. The van der Waals surface area contributed by atoms with Gasteiger partial charge >= 0.3 is 0 Å². The Morgan fingerprint density at radius 1 is 1.27 bits per heavy atom. The Morgan fingerprint density at radius 3 is 2.69 bits per heavy atom. The fraction of sp³-hybridized carbons (Fsp3) is 0.111. The average Bonchev–Trinajstić information content (AvgIpc) is 2.94. The van der Waals surface area contributed by atoms with Gasteiger partial charge < -0.3 is 15.2 Å². The number of hydrogen-bond donors (Lipinski definition) is 2. The fourth-order valence-electron chi connectivity index (χ4n) is 2.21. The molecule has 1 aliphatic rings. The molecule has 0 unspecified atom stereocenters. The lowest BCUT2D eigenvalue weighted by Crippen LogP contribution is -2.19. The van der Waals surface area contributed by atoms with Gasteiger partial charge in [0.25, 0.3) is 5.91 Å². The summed E-state index contributed by atoms with van der Waals surface area (Å²) >= 11 is 13.1. The molecule has 2 aromatic carbocycles. The summed E-state index contributed by atoms with van der Waals surface area (Å²) in [6.45, 7) is 2.19. The van der Waals surface area contributed by atoms with Crippen LogP contribution in [0.2, 0.25) is 10.0 Å².